The number of aliphatic hydroxyl groups is 2. The van der Waals surface area contributed by atoms with Crippen molar-refractivity contribution in [3.63, 3.8) is 0 Å². The third-order valence-corrected chi connectivity index (χ3v) is 4.00. The van der Waals surface area contributed by atoms with Crippen LogP contribution < -0.4 is 10.6 Å². The van der Waals surface area contributed by atoms with Gasteiger partial charge in [0, 0.05) is 19.6 Å². The monoisotopic (exact) mass is 357 g/mol. The summed E-state index contributed by atoms with van der Waals surface area (Å²) >= 11 is 0. The molecule has 138 valence electrons. The summed E-state index contributed by atoms with van der Waals surface area (Å²) in [6.07, 6.45) is -0.175. The molecule has 1 aromatic carbocycles. The summed E-state index contributed by atoms with van der Waals surface area (Å²) in [6, 6.07) is 1.93. The molecule has 0 saturated carbocycles. The van der Waals surface area contributed by atoms with Gasteiger partial charge in [-0.2, -0.15) is 0 Å². The molecule has 1 unspecified atom stereocenters. The van der Waals surface area contributed by atoms with Crippen LogP contribution in [0.25, 0.3) is 0 Å². The van der Waals surface area contributed by atoms with Gasteiger partial charge in [-0.3, -0.25) is 14.5 Å². The zero-order valence-corrected chi connectivity index (χ0v) is 13.5. The van der Waals surface area contributed by atoms with E-state index in [1.54, 1.807) is 4.90 Å². The topological polar surface area (TPSA) is 102 Å². The molecule has 7 nitrogen and oxygen atoms in total. The number of carbonyl (C=O) groups excluding carboxylic acids is 2. The van der Waals surface area contributed by atoms with Crippen LogP contribution in [0.2, 0.25) is 0 Å². The largest absolute Gasteiger partial charge is 0.394 e. The van der Waals surface area contributed by atoms with Crippen LogP contribution in [0.15, 0.2) is 18.2 Å². The van der Waals surface area contributed by atoms with Crippen molar-refractivity contribution < 1.29 is 28.6 Å². The number of amides is 2. The maximum Gasteiger partial charge on any atom is 0.237 e. The molecular formula is C16H21F2N3O4. The molecule has 0 bridgehead atoms. The molecule has 1 saturated heterocycles. The summed E-state index contributed by atoms with van der Waals surface area (Å²) in [5, 5.41) is 23.1. The first-order valence-corrected chi connectivity index (χ1v) is 7.91. The normalized spacial score (nSPS) is 18.3. The molecule has 0 aliphatic carbocycles. The number of hydrogen-bond acceptors (Lipinski definition) is 5. The number of halogens is 2. The van der Waals surface area contributed by atoms with E-state index in [2.05, 4.69) is 10.6 Å². The SMILES string of the molecule is O=C(CC1C(=O)NCCN1Cc1ccc(F)c(F)c1)NC(CO)CO. The Kier molecular flexibility index (Phi) is 6.80. The highest BCUT2D eigenvalue weighted by atomic mass is 19.2. The lowest BCUT2D eigenvalue weighted by atomic mass is 10.1. The number of benzene rings is 1. The van der Waals surface area contributed by atoms with Crippen LogP contribution in [-0.4, -0.2) is 65.3 Å². The van der Waals surface area contributed by atoms with E-state index in [1.807, 2.05) is 0 Å². The van der Waals surface area contributed by atoms with E-state index in [0.29, 0.717) is 18.7 Å². The molecule has 1 aromatic rings. The van der Waals surface area contributed by atoms with Crippen LogP contribution in [0.4, 0.5) is 8.78 Å². The van der Waals surface area contributed by atoms with E-state index in [0.717, 1.165) is 12.1 Å². The van der Waals surface area contributed by atoms with Gasteiger partial charge in [-0.15, -0.1) is 0 Å². The molecule has 9 heteroatoms. The second-order valence-corrected chi connectivity index (χ2v) is 5.86. The van der Waals surface area contributed by atoms with Gasteiger partial charge in [0.1, 0.15) is 0 Å². The minimum absolute atomic E-state index is 0.175. The van der Waals surface area contributed by atoms with Crippen LogP contribution >= 0.6 is 0 Å². The molecule has 2 amide bonds. The number of rotatable bonds is 7. The van der Waals surface area contributed by atoms with Crippen LogP contribution in [0.1, 0.15) is 12.0 Å². The summed E-state index contributed by atoms with van der Waals surface area (Å²) in [4.78, 5) is 25.8. The Morgan fingerprint density at radius 2 is 2.04 bits per heavy atom. The molecule has 1 heterocycles. The van der Waals surface area contributed by atoms with Crippen molar-refractivity contribution >= 4 is 11.8 Å². The minimum atomic E-state index is -0.970. The van der Waals surface area contributed by atoms with Gasteiger partial charge in [-0.25, -0.2) is 8.78 Å². The highest BCUT2D eigenvalue weighted by Gasteiger charge is 2.32. The van der Waals surface area contributed by atoms with Crippen LogP contribution in [0.5, 0.6) is 0 Å². The summed E-state index contributed by atoms with van der Waals surface area (Å²) in [5.74, 6) is -2.75. The summed E-state index contributed by atoms with van der Waals surface area (Å²) in [6.45, 7) is 0.185. The van der Waals surface area contributed by atoms with Gasteiger partial charge in [0.25, 0.3) is 0 Å². The first-order valence-electron chi connectivity index (χ1n) is 7.91. The molecule has 1 aliphatic heterocycles. The lowest BCUT2D eigenvalue weighted by Gasteiger charge is -2.35. The Morgan fingerprint density at radius 3 is 2.68 bits per heavy atom. The first-order chi connectivity index (χ1) is 11.9. The van der Waals surface area contributed by atoms with Crippen LogP contribution in [-0.2, 0) is 16.1 Å². The van der Waals surface area contributed by atoms with Gasteiger partial charge >= 0.3 is 0 Å². The molecule has 0 radical (unpaired) electrons. The Morgan fingerprint density at radius 1 is 1.32 bits per heavy atom. The van der Waals surface area contributed by atoms with Gasteiger partial charge < -0.3 is 20.8 Å². The highest BCUT2D eigenvalue weighted by molar-refractivity contribution is 5.88. The standard InChI is InChI=1S/C16H21F2N3O4/c17-12-2-1-10(5-13(12)18)7-21-4-3-19-16(25)14(21)6-15(24)20-11(8-22)9-23/h1-2,5,11,14,22-23H,3-4,6-9H2,(H,19,25)(H,20,24). The number of carbonyl (C=O) groups is 2. The lowest BCUT2D eigenvalue weighted by Crippen LogP contribution is -2.56. The van der Waals surface area contributed by atoms with Gasteiger partial charge in [0.2, 0.25) is 11.8 Å². The average molecular weight is 357 g/mol. The fraction of sp³-hybridized carbons (Fsp3) is 0.500. The molecule has 25 heavy (non-hydrogen) atoms. The number of nitrogens with zero attached hydrogens (tertiary/aromatic N) is 1. The maximum absolute atomic E-state index is 13.4. The third kappa shape index (κ3) is 5.18. The molecule has 1 aliphatic rings. The van der Waals surface area contributed by atoms with Gasteiger partial charge in [0.05, 0.1) is 31.7 Å². The van der Waals surface area contributed by atoms with Crippen molar-refractivity contribution in [2.24, 2.45) is 0 Å². The van der Waals surface area contributed by atoms with Crippen molar-refractivity contribution in [1.82, 2.24) is 15.5 Å². The summed E-state index contributed by atoms with van der Waals surface area (Å²) in [7, 11) is 0. The molecule has 1 fully saturated rings. The van der Waals surface area contributed by atoms with Crippen molar-refractivity contribution in [3.05, 3.63) is 35.4 Å². The Balaban J connectivity index is 2.05. The van der Waals surface area contributed by atoms with Crippen molar-refractivity contribution in [2.45, 2.75) is 25.0 Å². The van der Waals surface area contributed by atoms with Gasteiger partial charge in [-0.05, 0) is 17.7 Å². The van der Waals surface area contributed by atoms with Crippen molar-refractivity contribution in [1.29, 1.82) is 0 Å². The molecule has 4 N–H and O–H groups in total. The highest BCUT2D eigenvalue weighted by Crippen LogP contribution is 2.16. The third-order valence-electron chi connectivity index (χ3n) is 4.00. The number of hydrogen-bond donors (Lipinski definition) is 4. The fourth-order valence-corrected chi connectivity index (χ4v) is 2.66. The van der Waals surface area contributed by atoms with Crippen LogP contribution in [0, 0.1) is 11.6 Å². The molecule has 0 aromatic heterocycles. The molecule has 2 rings (SSSR count). The molecule has 0 spiro atoms. The summed E-state index contributed by atoms with van der Waals surface area (Å²) in [5.41, 5.74) is 0.489. The first kappa shape index (κ1) is 19.2. The second-order valence-electron chi connectivity index (χ2n) is 5.86. The van der Waals surface area contributed by atoms with Crippen molar-refractivity contribution in [3.8, 4) is 0 Å². The lowest BCUT2D eigenvalue weighted by molar-refractivity contribution is -0.134. The Hall–Kier alpha value is -2.10. The number of aliphatic hydroxyl groups excluding tert-OH is 2. The van der Waals surface area contributed by atoms with E-state index in [9.17, 15) is 18.4 Å². The zero-order chi connectivity index (χ0) is 18.4. The average Bonchev–Trinajstić information content (AvgIpc) is 2.59. The smallest absolute Gasteiger partial charge is 0.237 e. The van der Waals surface area contributed by atoms with Crippen LogP contribution in [0.3, 0.4) is 0 Å². The predicted molar refractivity (Wildman–Crippen MR) is 84.3 cm³/mol. The maximum atomic E-state index is 13.4. The van der Waals surface area contributed by atoms with Gasteiger partial charge in [-0.1, -0.05) is 6.07 Å². The van der Waals surface area contributed by atoms with E-state index in [4.69, 9.17) is 10.2 Å². The number of piperazine rings is 1. The predicted octanol–water partition coefficient (Wildman–Crippen LogP) is -0.875. The Labute approximate surface area is 143 Å². The Bertz CT molecular complexity index is 625. The van der Waals surface area contributed by atoms with Gasteiger partial charge in [0.15, 0.2) is 11.6 Å². The fourth-order valence-electron chi connectivity index (χ4n) is 2.66. The molecule has 1 atom stereocenters. The second kappa shape index (κ2) is 8.84. The van der Waals surface area contributed by atoms with E-state index in [-0.39, 0.29) is 18.9 Å². The van der Waals surface area contributed by atoms with E-state index in [1.165, 1.54) is 6.07 Å². The minimum Gasteiger partial charge on any atom is -0.394 e. The van der Waals surface area contributed by atoms with Crippen molar-refractivity contribution in [2.75, 3.05) is 26.3 Å². The van der Waals surface area contributed by atoms with E-state index >= 15 is 0 Å². The molecular weight excluding hydrogens is 336 g/mol. The van der Waals surface area contributed by atoms with E-state index < -0.39 is 42.8 Å². The quantitative estimate of drug-likeness (QED) is 0.508. The zero-order valence-electron chi connectivity index (χ0n) is 13.5. The number of nitrogens with one attached hydrogen (secondary N) is 2. The summed E-state index contributed by atoms with van der Waals surface area (Å²) < 4.78 is 26.4.